The number of aryl methyl sites for hydroxylation is 3. The third-order valence-electron chi connectivity index (χ3n) is 3.07. The zero-order chi connectivity index (χ0) is 13.1. The molecule has 0 aliphatic rings. The van der Waals surface area contributed by atoms with Gasteiger partial charge in [0.25, 0.3) is 0 Å². The number of nitrogens with one attached hydrogen (secondary N) is 1. The molecule has 0 amide bonds. The lowest BCUT2D eigenvalue weighted by atomic mass is 10.1. The molecule has 0 saturated heterocycles. The standard InChI is InChI=1S/C14H21N3S/c1-5-15-13(14-7-6-11(3)18-14)9-12-8-10(2)16-17(12)4/h6-8,13,15H,5,9H2,1-4H3. The fourth-order valence-electron chi connectivity index (χ4n) is 2.22. The highest BCUT2D eigenvalue weighted by Gasteiger charge is 2.15. The van der Waals surface area contributed by atoms with Gasteiger partial charge in [0.05, 0.1) is 5.69 Å². The van der Waals surface area contributed by atoms with Crippen LogP contribution in [0.15, 0.2) is 18.2 Å². The number of hydrogen-bond donors (Lipinski definition) is 1. The summed E-state index contributed by atoms with van der Waals surface area (Å²) in [5.41, 5.74) is 2.37. The van der Waals surface area contributed by atoms with Crippen molar-refractivity contribution in [3.63, 3.8) is 0 Å². The largest absolute Gasteiger partial charge is 0.309 e. The Bertz CT molecular complexity index is 513. The normalized spacial score (nSPS) is 12.9. The van der Waals surface area contributed by atoms with Crippen LogP contribution in [0.4, 0.5) is 0 Å². The lowest BCUT2D eigenvalue weighted by molar-refractivity contribution is 0.536. The topological polar surface area (TPSA) is 29.9 Å². The summed E-state index contributed by atoms with van der Waals surface area (Å²) in [6.45, 7) is 7.34. The zero-order valence-corrected chi connectivity index (χ0v) is 12.3. The molecular formula is C14H21N3S. The Labute approximate surface area is 113 Å². The Morgan fingerprint density at radius 1 is 1.39 bits per heavy atom. The molecule has 0 fully saturated rings. The van der Waals surface area contributed by atoms with Crippen LogP contribution in [0, 0.1) is 13.8 Å². The Hall–Kier alpha value is -1.13. The van der Waals surface area contributed by atoms with Gasteiger partial charge in [-0.15, -0.1) is 11.3 Å². The molecule has 2 heterocycles. The van der Waals surface area contributed by atoms with Gasteiger partial charge in [-0.2, -0.15) is 5.10 Å². The molecule has 0 aliphatic carbocycles. The van der Waals surface area contributed by atoms with Gasteiger partial charge in [0.15, 0.2) is 0 Å². The summed E-state index contributed by atoms with van der Waals surface area (Å²) >= 11 is 1.88. The van der Waals surface area contributed by atoms with Crippen molar-refractivity contribution in [2.75, 3.05) is 6.54 Å². The number of rotatable bonds is 5. The highest BCUT2D eigenvalue weighted by Crippen LogP contribution is 2.25. The first kappa shape index (κ1) is 13.3. The molecule has 0 aliphatic heterocycles. The minimum absolute atomic E-state index is 0.392. The van der Waals surface area contributed by atoms with E-state index in [0.717, 1.165) is 18.7 Å². The summed E-state index contributed by atoms with van der Waals surface area (Å²) in [4.78, 5) is 2.78. The number of nitrogens with zero attached hydrogens (tertiary/aromatic N) is 2. The number of thiophene rings is 1. The molecule has 2 aromatic heterocycles. The van der Waals surface area contributed by atoms with Crippen LogP contribution in [-0.4, -0.2) is 16.3 Å². The molecule has 0 radical (unpaired) electrons. The molecule has 0 aromatic carbocycles. The van der Waals surface area contributed by atoms with E-state index in [-0.39, 0.29) is 0 Å². The van der Waals surface area contributed by atoms with Crippen LogP contribution in [-0.2, 0) is 13.5 Å². The first-order valence-electron chi connectivity index (χ1n) is 6.39. The van der Waals surface area contributed by atoms with Gasteiger partial charge in [0.2, 0.25) is 0 Å². The zero-order valence-electron chi connectivity index (χ0n) is 11.5. The van der Waals surface area contributed by atoms with Crippen LogP contribution in [0.25, 0.3) is 0 Å². The molecule has 4 heteroatoms. The maximum Gasteiger partial charge on any atom is 0.0596 e. The molecule has 2 rings (SSSR count). The second kappa shape index (κ2) is 5.67. The fraction of sp³-hybridized carbons (Fsp3) is 0.500. The first-order valence-corrected chi connectivity index (χ1v) is 7.21. The maximum atomic E-state index is 4.42. The van der Waals surface area contributed by atoms with Crippen LogP contribution in [0.3, 0.4) is 0 Å². The van der Waals surface area contributed by atoms with E-state index in [0.29, 0.717) is 6.04 Å². The lowest BCUT2D eigenvalue weighted by Gasteiger charge is -2.16. The average molecular weight is 263 g/mol. The van der Waals surface area contributed by atoms with E-state index in [1.807, 2.05) is 30.0 Å². The van der Waals surface area contributed by atoms with E-state index in [4.69, 9.17) is 0 Å². The van der Waals surface area contributed by atoms with Crippen LogP contribution in [0.1, 0.15) is 34.1 Å². The van der Waals surface area contributed by atoms with E-state index < -0.39 is 0 Å². The minimum Gasteiger partial charge on any atom is -0.309 e. The number of likely N-dealkylation sites (N-methyl/N-ethyl adjacent to an activating group) is 1. The Kier molecular flexibility index (Phi) is 4.19. The number of hydrogen-bond acceptors (Lipinski definition) is 3. The molecule has 3 nitrogen and oxygen atoms in total. The highest BCUT2D eigenvalue weighted by molar-refractivity contribution is 7.12. The van der Waals surface area contributed by atoms with Crippen LogP contribution >= 0.6 is 11.3 Å². The SMILES string of the molecule is CCNC(Cc1cc(C)nn1C)c1ccc(C)s1. The summed E-state index contributed by atoms with van der Waals surface area (Å²) in [5.74, 6) is 0. The molecular weight excluding hydrogens is 242 g/mol. The molecule has 2 aromatic rings. The Morgan fingerprint density at radius 2 is 2.17 bits per heavy atom. The van der Waals surface area contributed by atoms with Crippen LogP contribution in [0.2, 0.25) is 0 Å². The fourth-order valence-corrected chi connectivity index (χ4v) is 3.18. The van der Waals surface area contributed by atoms with E-state index in [1.54, 1.807) is 0 Å². The smallest absolute Gasteiger partial charge is 0.0596 e. The molecule has 1 atom stereocenters. The average Bonchev–Trinajstić information content (AvgIpc) is 2.85. The van der Waals surface area contributed by atoms with Gasteiger partial charge in [0.1, 0.15) is 0 Å². The predicted octanol–water partition coefficient (Wildman–Crippen LogP) is 2.99. The van der Waals surface area contributed by atoms with Gasteiger partial charge in [-0.3, -0.25) is 4.68 Å². The van der Waals surface area contributed by atoms with Gasteiger partial charge in [-0.25, -0.2) is 0 Å². The van der Waals surface area contributed by atoms with Gasteiger partial charge in [-0.05, 0) is 38.6 Å². The summed E-state index contributed by atoms with van der Waals surface area (Å²) in [5, 5.41) is 7.98. The van der Waals surface area contributed by atoms with Gasteiger partial charge in [-0.1, -0.05) is 6.92 Å². The first-order chi connectivity index (χ1) is 8.60. The lowest BCUT2D eigenvalue weighted by Crippen LogP contribution is -2.23. The third kappa shape index (κ3) is 3.00. The van der Waals surface area contributed by atoms with Crippen molar-refractivity contribution in [1.82, 2.24) is 15.1 Å². The molecule has 0 spiro atoms. The Morgan fingerprint density at radius 3 is 2.67 bits per heavy atom. The molecule has 98 valence electrons. The molecule has 0 saturated carbocycles. The summed E-state index contributed by atoms with van der Waals surface area (Å²) in [7, 11) is 2.02. The minimum atomic E-state index is 0.392. The summed E-state index contributed by atoms with van der Waals surface area (Å²) < 4.78 is 1.99. The highest BCUT2D eigenvalue weighted by atomic mass is 32.1. The van der Waals surface area contributed by atoms with Crippen molar-refractivity contribution >= 4 is 11.3 Å². The summed E-state index contributed by atoms with van der Waals surface area (Å²) in [6, 6.07) is 6.99. The van der Waals surface area contributed by atoms with E-state index in [9.17, 15) is 0 Å². The van der Waals surface area contributed by atoms with Crippen molar-refractivity contribution in [3.8, 4) is 0 Å². The second-order valence-corrected chi connectivity index (χ2v) is 5.98. The van der Waals surface area contributed by atoms with Gasteiger partial charge >= 0.3 is 0 Å². The predicted molar refractivity (Wildman–Crippen MR) is 77.1 cm³/mol. The van der Waals surface area contributed by atoms with Crippen molar-refractivity contribution in [3.05, 3.63) is 39.3 Å². The Balaban J connectivity index is 2.18. The second-order valence-electron chi connectivity index (χ2n) is 4.66. The monoisotopic (exact) mass is 263 g/mol. The van der Waals surface area contributed by atoms with E-state index >= 15 is 0 Å². The van der Waals surface area contributed by atoms with Crippen LogP contribution < -0.4 is 5.32 Å². The van der Waals surface area contributed by atoms with Gasteiger partial charge < -0.3 is 5.32 Å². The van der Waals surface area contributed by atoms with Crippen molar-refractivity contribution in [2.24, 2.45) is 7.05 Å². The van der Waals surface area contributed by atoms with E-state index in [2.05, 4.69) is 42.5 Å². The molecule has 0 bridgehead atoms. The molecule has 18 heavy (non-hydrogen) atoms. The third-order valence-corrected chi connectivity index (χ3v) is 4.18. The van der Waals surface area contributed by atoms with Crippen molar-refractivity contribution < 1.29 is 0 Å². The van der Waals surface area contributed by atoms with Crippen LogP contribution in [0.5, 0.6) is 0 Å². The van der Waals surface area contributed by atoms with E-state index in [1.165, 1.54) is 15.4 Å². The maximum absolute atomic E-state index is 4.42. The molecule has 1 N–H and O–H groups in total. The summed E-state index contributed by atoms with van der Waals surface area (Å²) in [6.07, 6.45) is 0.991. The van der Waals surface area contributed by atoms with Gasteiger partial charge in [0, 0.05) is 35.0 Å². The van der Waals surface area contributed by atoms with Crippen molar-refractivity contribution in [1.29, 1.82) is 0 Å². The molecule has 1 unspecified atom stereocenters. The number of aromatic nitrogens is 2. The van der Waals surface area contributed by atoms with Crippen molar-refractivity contribution in [2.45, 2.75) is 33.2 Å². The quantitative estimate of drug-likeness (QED) is 0.898.